The van der Waals surface area contributed by atoms with Crippen LogP contribution in [0.3, 0.4) is 0 Å². The van der Waals surface area contributed by atoms with E-state index in [-0.39, 0.29) is 97.2 Å². The van der Waals surface area contributed by atoms with Crippen LogP contribution in [-0.4, -0.2) is 58.5 Å². The molecule has 1 saturated heterocycles. The molecule has 9 heteroatoms. The number of esters is 4. The summed E-state index contributed by atoms with van der Waals surface area (Å²) in [5, 5.41) is 11.4. The first-order valence-electron chi connectivity index (χ1n) is 22.4. The Balaban J connectivity index is 0.00000248. The fraction of sp³-hybridized carbons (Fsp3) is 0.926. The lowest BCUT2D eigenvalue weighted by Crippen LogP contribution is -2.61. The predicted octanol–water partition coefficient (Wildman–Crippen LogP) is 13.2. The molecule has 1 N–H and O–H groups in total. The van der Waals surface area contributed by atoms with Crippen molar-refractivity contribution in [2.24, 2.45) is 75.4 Å². The Hall–Kier alpha value is -2.16. The Bertz CT molecular complexity index is 1560. The van der Waals surface area contributed by atoms with Crippen molar-refractivity contribution in [3.63, 3.8) is 0 Å². The molecular weight excluding hydrogens is 793 g/mol. The molecule has 10 saturated carbocycles. The van der Waals surface area contributed by atoms with Crippen LogP contribution in [0.2, 0.25) is 0 Å². The molecular formula is C54H100O9. The van der Waals surface area contributed by atoms with Crippen LogP contribution in [0.1, 0.15) is 217 Å². The number of cyclic esters (lactones) is 1. The number of fused-ring (bicyclic) bond motifs is 2. The zero-order valence-electron chi connectivity index (χ0n) is 34.5. The maximum atomic E-state index is 15.2. The van der Waals surface area contributed by atoms with Gasteiger partial charge >= 0.3 is 23.9 Å². The molecule has 63 heavy (non-hydrogen) atoms. The number of ether oxygens (including phenoxy) is 4. The van der Waals surface area contributed by atoms with Crippen molar-refractivity contribution in [2.75, 3.05) is 6.61 Å². The van der Waals surface area contributed by atoms with Gasteiger partial charge in [0, 0.05) is 12.8 Å². The van der Waals surface area contributed by atoms with Crippen LogP contribution in [0.15, 0.2) is 0 Å². The molecule has 0 aromatic heterocycles. The average Bonchev–Trinajstić information content (AvgIpc) is 3.79. The molecule has 1 heterocycles. The lowest BCUT2D eigenvalue weighted by molar-refractivity contribution is -0.226. The Kier molecular flexibility index (Phi) is 18.7. The summed E-state index contributed by atoms with van der Waals surface area (Å²) in [6.07, 6.45) is 14.2. The number of rotatable bonds is 12. The molecule has 9 atom stereocenters. The molecule has 370 valence electrons. The van der Waals surface area contributed by atoms with E-state index in [4.69, 9.17) is 18.9 Å². The highest BCUT2D eigenvalue weighted by Gasteiger charge is 2.62. The van der Waals surface area contributed by atoms with Gasteiger partial charge in [-0.05, 0) is 197 Å². The fourth-order valence-electron chi connectivity index (χ4n) is 16.0. The second-order valence-corrected chi connectivity index (χ2v) is 22.9. The van der Waals surface area contributed by atoms with Crippen LogP contribution in [0, 0.1) is 75.4 Å². The smallest absolute Gasteiger partial charge is 0.347 e. The summed E-state index contributed by atoms with van der Waals surface area (Å²) < 4.78 is 24.7. The summed E-state index contributed by atoms with van der Waals surface area (Å²) in [6.45, 7) is 12.3. The molecule has 9 unspecified atom stereocenters. The molecule has 9 nitrogen and oxygen atoms in total. The second-order valence-electron chi connectivity index (χ2n) is 22.9. The van der Waals surface area contributed by atoms with Gasteiger partial charge < -0.3 is 24.1 Å². The van der Waals surface area contributed by atoms with Gasteiger partial charge in [0.2, 0.25) is 6.10 Å². The maximum absolute atomic E-state index is 15.2. The fourth-order valence-corrected chi connectivity index (χ4v) is 16.0. The number of aliphatic hydroxyl groups is 1. The Morgan fingerprint density at radius 2 is 1.21 bits per heavy atom. The molecule has 0 amide bonds. The lowest BCUT2D eigenvalue weighted by Gasteiger charge is -2.59. The van der Waals surface area contributed by atoms with Gasteiger partial charge in [0.1, 0.15) is 11.2 Å². The Morgan fingerprint density at radius 1 is 0.667 bits per heavy atom. The SMILES string of the molecule is C.C.C.C.C.C.C.C.CC1C2CCC(C2)C1CC(C)(CC(C)(CC(C)(C)C(=O)OC12CC3CC(CC(O)(C3)C1)C2)C(=O)OC1CCOC1=O)C(=O)OC1(C)C2CC3CC(C2)CC1C3. The van der Waals surface area contributed by atoms with E-state index in [0.717, 1.165) is 69.6 Å². The molecule has 1 aliphatic heterocycles. The van der Waals surface area contributed by atoms with Crippen LogP contribution in [-0.2, 0) is 38.1 Å². The van der Waals surface area contributed by atoms with E-state index in [1.165, 1.54) is 25.7 Å². The summed E-state index contributed by atoms with van der Waals surface area (Å²) in [5.74, 6) is 3.19. The van der Waals surface area contributed by atoms with Crippen molar-refractivity contribution in [2.45, 2.75) is 239 Å². The van der Waals surface area contributed by atoms with Crippen LogP contribution in [0.25, 0.3) is 0 Å². The monoisotopic (exact) mass is 893 g/mol. The van der Waals surface area contributed by atoms with Gasteiger partial charge in [0.25, 0.3) is 0 Å². The molecule has 10 bridgehead atoms. The highest BCUT2D eigenvalue weighted by Crippen LogP contribution is 2.63. The summed E-state index contributed by atoms with van der Waals surface area (Å²) in [6, 6.07) is 0. The highest BCUT2D eigenvalue weighted by atomic mass is 16.6. The van der Waals surface area contributed by atoms with Crippen LogP contribution < -0.4 is 0 Å². The molecule has 0 aromatic carbocycles. The van der Waals surface area contributed by atoms with E-state index < -0.39 is 51.1 Å². The van der Waals surface area contributed by atoms with Crippen molar-refractivity contribution in [3.05, 3.63) is 0 Å². The first-order valence-corrected chi connectivity index (χ1v) is 22.4. The van der Waals surface area contributed by atoms with E-state index in [2.05, 4.69) is 13.8 Å². The standard InChI is InChI=1S/C46H68O9.8CH4/c1-26-31-7-8-32(17-31)35(26)22-42(4,40(50)54-44(6)33-13-27-11-28(15-33)16-34(44)14-27)24-43(5,39(49)53-36-9-10-52-37(36)47)23-41(2,3)38(48)55-46-20-29-12-30(21-46)19-45(51,18-29)25-46;;;;;;;;/h26-36,51H,7-25H2,1-6H3;8*1H4. The summed E-state index contributed by atoms with van der Waals surface area (Å²) in [4.78, 5) is 57.1. The number of hydrogen-bond acceptors (Lipinski definition) is 9. The van der Waals surface area contributed by atoms with E-state index >= 15 is 4.79 Å². The molecule has 0 spiro atoms. The minimum absolute atomic E-state index is 0. The maximum Gasteiger partial charge on any atom is 0.347 e. The van der Waals surface area contributed by atoms with Crippen LogP contribution in [0.4, 0.5) is 0 Å². The number of carbonyl (C=O) groups is 4. The second kappa shape index (κ2) is 20.0. The molecule has 11 aliphatic rings. The van der Waals surface area contributed by atoms with E-state index in [1.807, 2.05) is 27.7 Å². The molecule has 0 aromatic rings. The predicted molar refractivity (Wildman–Crippen MR) is 257 cm³/mol. The summed E-state index contributed by atoms with van der Waals surface area (Å²) in [5.41, 5.74) is -5.49. The van der Waals surface area contributed by atoms with E-state index in [9.17, 15) is 19.5 Å². The Labute approximate surface area is 387 Å². The van der Waals surface area contributed by atoms with Gasteiger partial charge in [-0.1, -0.05) is 66.3 Å². The van der Waals surface area contributed by atoms with Crippen molar-refractivity contribution >= 4 is 23.9 Å². The third kappa shape index (κ3) is 10.2. The first-order chi connectivity index (χ1) is 25.8. The first kappa shape index (κ1) is 58.9. The zero-order valence-corrected chi connectivity index (χ0v) is 34.5. The van der Waals surface area contributed by atoms with Crippen molar-refractivity contribution < 1.29 is 43.2 Å². The van der Waals surface area contributed by atoms with E-state index in [1.54, 1.807) is 0 Å². The quantitative estimate of drug-likeness (QED) is 0.151. The number of carbonyl (C=O) groups excluding carboxylic acids is 4. The summed E-state index contributed by atoms with van der Waals surface area (Å²) in [7, 11) is 0. The van der Waals surface area contributed by atoms with Crippen molar-refractivity contribution in [1.29, 1.82) is 0 Å². The van der Waals surface area contributed by atoms with Gasteiger partial charge in [-0.25, -0.2) is 4.79 Å². The van der Waals surface area contributed by atoms with Gasteiger partial charge in [-0.3, -0.25) is 14.4 Å². The highest BCUT2D eigenvalue weighted by molar-refractivity contribution is 5.85. The topological polar surface area (TPSA) is 125 Å². The third-order valence-corrected chi connectivity index (χ3v) is 17.9. The minimum Gasteiger partial charge on any atom is -0.463 e. The number of hydrogen-bond donors (Lipinski definition) is 1. The van der Waals surface area contributed by atoms with Crippen LogP contribution >= 0.6 is 0 Å². The molecule has 11 fully saturated rings. The normalized spacial score (nSPS) is 41.0. The van der Waals surface area contributed by atoms with Crippen molar-refractivity contribution in [3.8, 4) is 0 Å². The Morgan fingerprint density at radius 3 is 1.70 bits per heavy atom. The zero-order chi connectivity index (χ0) is 38.9. The molecule has 0 radical (unpaired) electrons. The van der Waals surface area contributed by atoms with Crippen LogP contribution in [0.5, 0.6) is 0 Å². The summed E-state index contributed by atoms with van der Waals surface area (Å²) >= 11 is 0. The lowest BCUT2D eigenvalue weighted by atomic mass is 9.50. The third-order valence-electron chi connectivity index (χ3n) is 17.9. The largest absolute Gasteiger partial charge is 0.463 e. The molecule has 11 rings (SSSR count). The van der Waals surface area contributed by atoms with Gasteiger partial charge in [-0.15, -0.1) is 0 Å². The van der Waals surface area contributed by atoms with Gasteiger partial charge in [-0.2, -0.15) is 0 Å². The van der Waals surface area contributed by atoms with Crippen molar-refractivity contribution in [1.82, 2.24) is 0 Å². The van der Waals surface area contributed by atoms with E-state index in [0.29, 0.717) is 60.2 Å². The van der Waals surface area contributed by atoms with Gasteiger partial charge in [0.05, 0.1) is 28.5 Å². The molecule has 10 aliphatic carbocycles. The van der Waals surface area contributed by atoms with Gasteiger partial charge in [0.15, 0.2) is 0 Å². The average molecular weight is 893 g/mol. The minimum atomic E-state index is -1.33.